The number of tetrazole rings is 1. The van der Waals surface area contributed by atoms with Crippen molar-refractivity contribution in [1.29, 1.82) is 0 Å². The summed E-state index contributed by atoms with van der Waals surface area (Å²) in [4.78, 5) is 11.6. The number of hydrogen-bond acceptors (Lipinski definition) is 5. The molecule has 84 valence electrons. The number of nitrogens with zero attached hydrogens (tertiary/aromatic N) is 3. The Kier molecular flexibility index (Phi) is 4.44. The lowest BCUT2D eigenvalue weighted by molar-refractivity contribution is -0.120. The third-order valence-electron chi connectivity index (χ3n) is 2.29. The molecule has 7 nitrogen and oxygen atoms in total. The first-order valence-corrected chi connectivity index (χ1v) is 4.61. The van der Waals surface area contributed by atoms with Crippen molar-refractivity contribution in [3.63, 3.8) is 0 Å². The van der Waals surface area contributed by atoms with Crippen LogP contribution in [-0.2, 0) is 4.79 Å². The molecule has 2 heterocycles. The Morgan fingerprint density at radius 2 is 2.13 bits per heavy atom. The van der Waals surface area contributed by atoms with Gasteiger partial charge in [0, 0.05) is 5.92 Å². The zero-order valence-electron chi connectivity index (χ0n) is 8.06. The number of aromatic nitrogens is 4. The molecule has 1 fully saturated rings. The lowest BCUT2D eigenvalue weighted by atomic mass is 9.97. The van der Waals surface area contributed by atoms with Crippen molar-refractivity contribution in [3.8, 4) is 0 Å². The molecule has 0 atom stereocenters. The van der Waals surface area contributed by atoms with Crippen LogP contribution in [0.15, 0.2) is 0 Å². The Morgan fingerprint density at radius 3 is 2.73 bits per heavy atom. The number of halogens is 1. The summed E-state index contributed by atoms with van der Waals surface area (Å²) in [5.74, 6) is 0.288. The number of amides is 1. The van der Waals surface area contributed by atoms with Gasteiger partial charge in [0.05, 0.1) is 0 Å². The molecule has 2 rings (SSSR count). The third kappa shape index (κ3) is 3.14. The van der Waals surface area contributed by atoms with Crippen LogP contribution in [0.5, 0.6) is 0 Å². The molecule has 0 unspecified atom stereocenters. The van der Waals surface area contributed by atoms with E-state index in [-0.39, 0.29) is 30.2 Å². The molecule has 1 saturated heterocycles. The average molecular weight is 233 g/mol. The minimum absolute atomic E-state index is 0. The van der Waals surface area contributed by atoms with Crippen molar-refractivity contribution in [2.24, 2.45) is 5.92 Å². The lowest BCUT2D eigenvalue weighted by Crippen LogP contribution is -2.34. The molecule has 0 spiro atoms. The van der Waals surface area contributed by atoms with E-state index >= 15 is 0 Å². The fourth-order valence-corrected chi connectivity index (χ4v) is 1.51. The number of anilines is 1. The number of carbonyl (C=O) groups is 1. The van der Waals surface area contributed by atoms with Crippen LogP contribution in [0.25, 0.3) is 0 Å². The van der Waals surface area contributed by atoms with E-state index < -0.39 is 0 Å². The first-order chi connectivity index (χ1) is 6.86. The van der Waals surface area contributed by atoms with Crippen molar-refractivity contribution in [2.45, 2.75) is 12.8 Å². The van der Waals surface area contributed by atoms with Gasteiger partial charge in [0.15, 0.2) is 0 Å². The van der Waals surface area contributed by atoms with Crippen LogP contribution in [0, 0.1) is 5.92 Å². The second-order valence-corrected chi connectivity index (χ2v) is 3.25. The van der Waals surface area contributed by atoms with Gasteiger partial charge in [-0.15, -0.1) is 17.5 Å². The van der Waals surface area contributed by atoms with Crippen LogP contribution in [0.2, 0.25) is 0 Å². The second kappa shape index (κ2) is 5.62. The topological polar surface area (TPSA) is 95.6 Å². The van der Waals surface area contributed by atoms with E-state index in [1.165, 1.54) is 0 Å². The Hall–Kier alpha value is -1.21. The third-order valence-corrected chi connectivity index (χ3v) is 2.29. The number of carbonyl (C=O) groups excluding carboxylic acids is 1. The van der Waals surface area contributed by atoms with Crippen molar-refractivity contribution in [1.82, 2.24) is 25.9 Å². The molecule has 1 aromatic heterocycles. The normalized spacial score (nSPS) is 16.8. The van der Waals surface area contributed by atoms with Crippen LogP contribution in [0.4, 0.5) is 5.95 Å². The zero-order chi connectivity index (χ0) is 9.80. The minimum Gasteiger partial charge on any atom is -0.317 e. The van der Waals surface area contributed by atoms with Gasteiger partial charge in [-0.05, 0) is 31.1 Å². The quantitative estimate of drug-likeness (QED) is 0.643. The van der Waals surface area contributed by atoms with Crippen molar-refractivity contribution < 1.29 is 4.79 Å². The monoisotopic (exact) mass is 232 g/mol. The summed E-state index contributed by atoms with van der Waals surface area (Å²) in [5, 5.41) is 18.8. The number of aromatic amines is 1. The van der Waals surface area contributed by atoms with E-state index in [1.54, 1.807) is 0 Å². The van der Waals surface area contributed by atoms with E-state index in [9.17, 15) is 4.79 Å². The van der Waals surface area contributed by atoms with Crippen molar-refractivity contribution >= 4 is 24.3 Å². The van der Waals surface area contributed by atoms with Crippen LogP contribution in [-0.4, -0.2) is 39.6 Å². The molecule has 8 heteroatoms. The van der Waals surface area contributed by atoms with Crippen molar-refractivity contribution in [2.75, 3.05) is 18.4 Å². The summed E-state index contributed by atoms with van der Waals surface area (Å²) in [5.41, 5.74) is 0. The van der Waals surface area contributed by atoms with E-state index in [0.717, 1.165) is 25.9 Å². The first kappa shape index (κ1) is 11.9. The van der Waals surface area contributed by atoms with Gasteiger partial charge in [-0.25, -0.2) is 0 Å². The Labute approximate surface area is 92.8 Å². The molecule has 3 N–H and O–H groups in total. The summed E-state index contributed by atoms with van der Waals surface area (Å²) in [7, 11) is 0. The Bertz CT molecular complexity index is 296. The summed E-state index contributed by atoms with van der Waals surface area (Å²) in [6.45, 7) is 1.79. The van der Waals surface area contributed by atoms with Crippen LogP contribution in [0.1, 0.15) is 12.8 Å². The molecule has 0 aromatic carbocycles. The fraction of sp³-hybridized carbons (Fsp3) is 0.714. The maximum atomic E-state index is 11.6. The van der Waals surface area contributed by atoms with Crippen LogP contribution in [0.3, 0.4) is 0 Å². The first-order valence-electron chi connectivity index (χ1n) is 4.61. The summed E-state index contributed by atoms with van der Waals surface area (Å²) < 4.78 is 0. The average Bonchev–Trinajstić information content (AvgIpc) is 2.72. The van der Waals surface area contributed by atoms with Crippen LogP contribution < -0.4 is 10.6 Å². The molecule has 1 amide bonds. The molecule has 1 aliphatic rings. The highest BCUT2D eigenvalue weighted by molar-refractivity contribution is 5.90. The highest BCUT2D eigenvalue weighted by Gasteiger charge is 2.21. The molecule has 0 aliphatic carbocycles. The van der Waals surface area contributed by atoms with Gasteiger partial charge in [0.2, 0.25) is 5.91 Å². The predicted octanol–water partition coefficient (Wildman–Crippen LogP) is -0.440. The number of H-pyrrole nitrogens is 1. The van der Waals surface area contributed by atoms with E-state index in [1.807, 2.05) is 0 Å². The van der Waals surface area contributed by atoms with Crippen molar-refractivity contribution in [3.05, 3.63) is 0 Å². The minimum atomic E-state index is -0.0205. The molecular formula is C7H13ClN6O. The Morgan fingerprint density at radius 1 is 1.40 bits per heavy atom. The van der Waals surface area contributed by atoms with Gasteiger partial charge in [-0.3, -0.25) is 10.1 Å². The number of piperidine rings is 1. The van der Waals surface area contributed by atoms with Gasteiger partial charge in [-0.2, -0.15) is 5.21 Å². The lowest BCUT2D eigenvalue weighted by Gasteiger charge is -2.20. The maximum Gasteiger partial charge on any atom is 0.269 e. The zero-order valence-corrected chi connectivity index (χ0v) is 8.88. The molecule has 1 aliphatic heterocycles. The number of nitrogens with one attached hydrogen (secondary N) is 3. The summed E-state index contributed by atoms with van der Waals surface area (Å²) in [6.07, 6.45) is 1.73. The smallest absolute Gasteiger partial charge is 0.269 e. The standard InChI is InChI=1S/C7H12N6O.ClH/c14-6(5-1-3-8-4-2-5)9-7-10-12-13-11-7;/h5,8H,1-4H2,(H2,9,10,11,12,13,14);1H. The Balaban J connectivity index is 0.00000112. The maximum absolute atomic E-state index is 11.6. The largest absolute Gasteiger partial charge is 0.317 e. The highest BCUT2D eigenvalue weighted by Crippen LogP contribution is 2.12. The van der Waals surface area contributed by atoms with Crippen LogP contribution >= 0.6 is 12.4 Å². The van der Waals surface area contributed by atoms with Gasteiger partial charge >= 0.3 is 0 Å². The van der Waals surface area contributed by atoms with Gasteiger partial charge in [0.1, 0.15) is 0 Å². The van der Waals surface area contributed by atoms with E-state index in [2.05, 4.69) is 31.3 Å². The van der Waals surface area contributed by atoms with E-state index in [0.29, 0.717) is 0 Å². The molecular weight excluding hydrogens is 220 g/mol. The second-order valence-electron chi connectivity index (χ2n) is 3.25. The molecule has 1 aromatic rings. The highest BCUT2D eigenvalue weighted by atomic mass is 35.5. The summed E-state index contributed by atoms with van der Waals surface area (Å²) >= 11 is 0. The molecule has 0 saturated carbocycles. The van der Waals surface area contributed by atoms with E-state index in [4.69, 9.17) is 0 Å². The van der Waals surface area contributed by atoms with Gasteiger partial charge in [0.25, 0.3) is 5.95 Å². The SMILES string of the molecule is Cl.O=C(Nc1nn[nH]n1)C1CCNCC1. The number of rotatable bonds is 2. The van der Waals surface area contributed by atoms with Gasteiger partial charge < -0.3 is 5.32 Å². The molecule has 0 radical (unpaired) electrons. The fourth-order valence-electron chi connectivity index (χ4n) is 1.51. The number of hydrogen-bond donors (Lipinski definition) is 3. The molecule has 0 bridgehead atoms. The molecule has 15 heavy (non-hydrogen) atoms. The predicted molar refractivity (Wildman–Crippen MR) is 55.6 cm³/mol. The summed E-state index contributed by atoms with van der Waals surface area (Å²) in [6, 6.07) is 0. The van der Waals surface area contributed by atoms with Gasteiger partial charge in [-0.1, -0.05) is 5.10 Å².